The summed E-state index contributed by atoms with van der Waals surface area (Å²) in [6.07, 6.45) is 0. The standard InChI is InChI=1S/C11H7F2NO2S/c12-8-4-5(14)3-7(9(8)13)6-1-2-17-10(6)11(15)16/h1-4H,14H2,(H,15,16). The topological polar surface area (TPSA) is 63.3 Å². The van der Waals surface area contributed by atoms with Crippen molar-refractivity contribution in [3.63, 3.8) is 0 Å². The molecule has 0 aliphatic heterocycles. The second kappa shape index (κ2) is 4.14. The highest BCUT2D eigenvalue weighted by Crippen LogP contribution is 2.32. The Morgan fingerprint density at radius 1 is 1.29 bits per heavy atom. The fourth-order valence-electron chi connectivity index (χ4n) is 1.49. The normalized spacial score (nSPS) is 10.5. The maximum absolute atomic E-state index is 13.6. The van der Waals surface area contributed by atoms with Crippen molar-refractivity contribution < 1.29 is 18.7 Å². The van der Waals surface area contributed by atoms with Gasteiger partial charge in [0.05, 0.1) is 0 Å². The van der Waals surface area contributed by atoms with Gasteiger partial charge in [-0.25, -0.2) is 13.6 Å². The third-order valence-corrected chi connectivity index (χ3v) is 3.10. The minimum absolute atomic E-state index is 0.0430. The molecule has 17 heavy (non-hydrogen) atoms. The minimum atomic E-state index is -1.18. The van der Waals surface area contributed by atoms with E-state index in [4.69, 9.17) is 10.8 Å². The summed E-state index contributed by atoms with van der Waals surface area (Å²) in [6, 6.07) is 3.49. The number of benzene rings is 1. The fourth-order valence-corrected chi connectivity index (χ4v) is 2.24. The van der Waals surface area contributed by atoms with Crippen LogP contribution in [-0.2, 0) is 0 Å². The molecule has 0 spiro atoms. The highest BCUT2D eigenvalue weighted by Gasteiger charge is 2.18. The van der Waals surface area contributed by atoms with Crippen molar-refractivity contribution in [1.29, 1.82) is 0 Å². The first-order valence-corrected chi connectivity index (χ1v) is 5.44. The number of aromatic carboxylic acids is 1. The van der Waals surface area contributed by atoms with Gasteiger partial charge in [-0.2, -0.15) is 0 Å². The molecule has 1 aromatic carbocycles. The first kappa shape index (κ1) is 11.5. The van der Waals surface area contributed by atoms with Crippen molar-refractivity contribution in [2.24, 2.45) is 0 Å². The molecule has 0 aliphatic carbocycles. The molecule has 0 atom stereocenters. The SMILES string of the molecule is Nc1cc(F)c(F)c(-c2ccsc2C(=O)O)c1. The smallest absolute Gasteiger partial charge is 0.346 e. The second-order valence-corrected chi connectivity index (χ2v) is 4.25. The van der Waals surface area contributed by atoms with Crippen LogP contribution in [0.15, 0.2) is 23.6 Å². The van der Waals surface area contributed by atoms with E-state index < -0.39 is 17.6 Å². The number of carboxylic acid groups (broad SMARTS) is 1. The van der Waals surface area contributed by atoms with E-state index in [1.54, 1.807) is 0 Å². The molecule has 0 saturated heterocycles. The van der Waals surface area contributed by atoms with Gasteiger partial charge in [0.25, 0.3) is 0 Å². The van der Waals surface area contributed by atoms with E-state index in [1.807, 2.05) is 0 Å². The minimum Gasteiger partial charge on any atom is -0.477 e. The van der Waals surface area contributed by atoms with Crippen molar-refractivity contribution >= 4 is 23.0 Å². The molecule has 0 saturated carbocycles. The zero-order chi connectivity index (χ0) is 12.6. The molecule has 6 heteroatoms. The monoisotopic (exact) mass is 255 g/mol. The molecule has 1 heterocycles. The van der Waals surface area contributed by atoms with Gasteiger partial charge in [-0.3, -0.25) is 0 Å². The van der Waals surface area contributed by atoms with E-state index in [-0.39, 0.29) is 21.7 Å². The van der Waals surface area contributed by atoms with Crippen LogP contribution in [0.25, 0.3) is 11.1 Å². The highest BCUT2D eigenvalue weighted by atomic mass is 32.1. The summed E-state index contributed by atoms with van der Waals surface area (Å²) >= 11 is 0.943. The molecule has 3 nitrogen and oxygen atoms in total. The largest absolute Gasteiger partial charge is 0.477 e. The Morgan fingerprint density at radius 2 is 2.00 bits per heavy atom. The lowest BCUT2D eigenvalue weighted by Crippen LogP contribution is -1.98. The van der Waals surface area contributed by atoms with Crippen LogP contribution in [0.5, 0.6) is 0 Å². The third kappa shape index (κ3) is 1.99. The summed E-state index contributed by atoms with van der Waals surface area (Å²) in [5.41, 5.74) is 5.45. The second-order valence-electron chi connectivity index (χ2n) is 3.33. The van der Waals surface area contributed by atoms with Crippen molar-refractivity contribution in [1.82, 2.24) is 0 Å². The van der Waals surface area contributed by atoms with Crippen molar-refractivity contribution in [2.45, 2.75) is 0 Å². The third-order valence-electron chi connectivity index (χ3n) is 2.20. The van der Waals surface area contributed by atoms with Crippen LogP contribution in [0, 0.1) is 11.6 Å². The maximum Gasteiger partial charge on any atom is 0.346 e. The number of anilines is 1. The van der Waals surface area contributed by atoms with Gasteiger partial charge in [-0.1, -0.05) is 0 Å². The lowest BCUT2D eigenvalue weighted by molar-refractivity contribution is 0.0703. The fraction of sp³-hybridized carbons (Fsp3) is 0. The lowest BCUT2D eigenvalue weighted by Gasteiger charge is -2.05. The van der Waals surface area contributed by atoms with Crippen LogP contribution in [0.2, 0.25) is 0 Å². The molecular formula is C11H7F2NO2S. The summed E-state index contributed by atoms with van der Waals surface area (Å²) in [4.78, 5) is 10.9. The van der Waals surface area contributed by atoms with Gasteiger partial charge in [0.2, 0.25) is 0 Å². The average Bonchev–Trinajstić information content (AvgIpc) is 2.72. The van der Waals surface area contributed by atoms with Crippen LogP contribution in [0.4, 0.5) is 14.5 Å². The number of carboxylic acids is 1. The Morgan fingerprint density at radius 3 is 2.65 bits per heavy atom. The van der Waals surface area contributed by atoms with Crippen LogP contribution < -0.4 is 5.73 Å². The molecule has 0 bridgehead atoms. The average molecular weight is 255 g/mol. The Bertz CT molecular complexity index is 595. The first-order valence-electron chi connectivity index (χ1n) is 4.56. The summed E-state index contributed by atoms with van der Waals surface area (Å²) in [5, 5.41) is 10.4. The summed E-state index contributed by atoms with van der Waals surface area (Å²) in [6.45, 7) is 0. The van der Waals surface area contributed by atoms with Crippen molar-refractivity contribution in [3.05, 3.63) is 40.1 Å². The van der Waals surface area contributed by atoms with Crippen molar-refractivity contribution in [3.8, 4) is 11.1 Å². The molecule has 88 valence electrons. The number of thiophene rings is 1. The van der Waals surface area contributed by atoms with Gasteiger partial charge < -0.3 is 10.8 Å². The quantitative estimate of drug-likeness (QED) is 0.811. The molecule has 1 aromatic heterocycles. The zero-order valence-electron chi connectivity index (χ0n) is 8.41. The Kier molecular flexibility index (Phi) is 2.81. The van der Waals surface area contributed by atoms with Crippen LogP contribution in [0.3, 0.4) is 0 Å². The number of carbonyl (C=O) groups is 1. The van der Waals surface area contributed by atoms with Gasteiger partial charge >= 0.3 is 5.97 Å². The molecule has 0 radical (unpaired) electrons. The first-order chi connectivity index (χ1) is 8.00. The van der Waals surface area contributed by atoms with Crippen LogP contribution >= 0.6 is 11.3 Å². The van der Waals surface area contributed by atoms with E-state index in [1.165, 1.54) is 17.5 Å². The summed E-state index contributed by atoms with van der Waals surface area (Å²) < 4.78 is 26.7. The molecule has 0 unspecified atom stereocenters. The van der Waals surface area contributed by atoms with E-state index in [2.05, 4.69) is 0 Å². The van der Waals surface area contributed by atoms with Gasteiger partial charge in [-0.15, -0.1) is 11.3 Å². The van der Waals surface area contributed by atoms with Gasteiger partial charge in [-0.05, 0) is 23.6 Å². The Balaban J connectivity index is 2.68. The van der Waals surface area contributed by atoms with Gasteiger partial charge in [0.1, 0.15) is 4.88 Å². The summed E-state index contributed by atoms with van der Waals surface area (Å²) in [7, 11) is 0. The van der Waals surface area contributed by atoms with E-state index in [0.717, 1.165) is 17.4 Å². The highest BCUT2D eigenvalue weighted by molar-refractivity contribution is 7.12. The molecule has 2 aromatic rings. The number of nitrogens with two attached hydrogens (primary N) is 1. The van der Waals surface area contributed by atoms with Crippen LogP contribution in [0.1, 0.15) is 9.67 Å². The molecular weight excluding hydrogens is 248 g/mol. The number of halogens is 2. The molecule has 2 rings (SSSR count). The van der Waals surface area contributed by atoms with E-state index in [9.17, 15) is 13.6 Å². The zero-order valence-corrected chi connectivity index (χ0v) is 9.22. The number of rotatable bonds is 2. The van der Waals surface area contributed by atoms with Crippen molar-refractivity contribution in [2.75, 3.05) is 5.73 Å². The predicted octanol–water partition coefficient (Wildman–Crippen LogP) is 2.97. The molecule has 0 amide bonds. The van der Waals surface area contributed by atoms with Gasteiger partial charge in [0, 0.05) is 16.8 Å². The van der Waals surface area contributed by atoms with E-state index >= 15 is 0 Å². The molecule has 3 N–H and O–H groups in total. The van der Waals surface area contributed by atoms with Crippen LogP contribution in [-0.4, -0.2) is 11.1 Å². The Hall–Kier alpha value is -1.95. The van der Waals surface area contributed by atoms with Gasteiger partial charge in [0.15, 0.2) is 11.6 Å². The molecule has 0 fully saturated rings. The number of nitrogen functional groups attached to an aromatic ring is 1. The lowest BCUT2D eigenvalue weighted by atomic mass is 10.0. The summed E-state index contributed by atoms with van der Waals surface area (Å²) in [5.74, 6) is -3.38. The van der Waals surface area contributed by atoms with E-state index in [0.29, 0.717) is 0 Å². The maximum atomic E-state index is 13.6. The Labute approximate surface area is 99.1 Å². The number of hydrogen-bond acceptors (Lipinski definition) is 3. The molecule has 0 aliphatic rings. The predicted molar refractivity (Wildman–Crippen MR) is 61.0 cm³/mol. The number of hydrogen-bond donors (Lipinski definition) is 2.